The number of allylic oxidation sites excluding steroid dienone is 7. The molecule has 0 atom stereocenters. The number of likely N-dealkylation sites (N-methyl/N-ethyl adjacent to an activating group) is 1. The lowest BCUT2D eigenvalue weighted by Gasteiger charge is -2.26. The molecule has 0 N–H and O–H groups in total. The van der Waals surface area contributed by atoms with E-state index in [1.54, 1.807) is 0 Å². The van der Waals surface area contributed by atoms with Crippen LogP contribution in [0, 0.1) is 0 Å². The van der Waals surface area contributed by atoms with Crippen molar-refractivity contribution in [2.24, 2.45) is 4.99 Å². The molecule has 3 aliphatic rings. The van der Waals surface area contributed by atoms with Crippen molar-refractivity contribution in [1.29, 1.82) is 0 Å². The van der Waals surface area contributed by atoms with Crippen molar-refractivity contribution in [3.8, 4) is 5.75 Å². The van der Waals surface area contributed by atoms with E-state index in [1.807, 2.05) is 24.3 Å². The summed E-state index contributed by atoms with van der Waals surface area (Å²) in [7, 11) is 0. The molecule has 5 heteroatoms. The molecule has 0 aromatic heterocycles. The molecule has 6 rings (SSSR count). The van der Waals surface area contributed by atoms with E-state index in [4.69, 9.17) is 17.0 Å². The predicted molar refractivity (Wildman–Crippen MR) is 195 cm³/mol. The largest absolute Gasteiger partial charge is 0.457 e. The number of aliphatic imine (C=N–C) groups is 1. The van der Waals surface area contributed by atoms with Crippen molar-refractivity contribution in [2.75, 3.05) is 18.0 Å². The Balaban J connectivity index is 1.44. The maximum absolute atomic E-state index is 6.78. The lowest BCUT2D eigenvalue weighted by molar-refractivity contribution is -0.433. The summed E-state index contributed by atoms with van der Waals surface area (Å²) >= 11 is 4.80. The van der Waals surface area contributed by atoms with Crippen molar-refractivity contribution in [1.82, 2.24) is 0 Å². The molecular formula is C41H44N3OS+. The molecule has 2 heterocycles. The molecule has 2 aliphatic heterocycles. The van der Waals surface area contributed by atoms with E-state index in [0.29, 0.717) is 0 Å². The van der Waals surface area contributed by atoms with Gasteiger partial charge in [0.05, 0.1) is 16.3 Å². The van der Waals surface area contributed by atoms with Gasteiger partial charge in [0, 0.05) is 41.1 Å². The number of ether oxygens (including phenoxy) is 1. The number of hydrogen-bond acceptors (Lipinski definition) is 4. The monoisotopic (exact) mass is 626 g/mol. The summed E-state index contributed by atoms with van der Waals surface area (Å²) in [5, 5.41) is 2.45. The van der Waals surface area contributed by atoms with Crippen molar-refractivity contribution in [2.45, 2.75) is 71.6 Å². The molecule has 0 spiro atoms. The van der Waals surface area contributed by atoms with Gasteiger partial charge in [-0.05, 0) is 118 Å². The summed E-state index contributed by atoms with van der Waals surface area (Å²) in [5.41, 5.74) is 11.0. The second kappa shape index (κ2) is 12.8. The number of benzene rings is 3. The van der Waals surface area contributed by atoms with E-state index in [2.05, 4.69) is 134 Å². The van der Waals surface area contributed by atoms with Gasteiger partial charge in [-0.15, -0.1) is 0 Å². The van der Waals surface area contributed by atoms with Crippen molar-refractivity contribution in [3.63, 3.8) is 0 Å². The molecule has 46 heavy (non-hydrogen) atoms. The van der Waals surface area contributed by atoms with Crippen LogP contribution in [0.1, 0.15) is 71.9 Å². The Labute approximate surface area is 279 Å². The third-order valence-corrected chi connectivity index (χ3v) is 9.91. The predicted octanol–water partition coefficient (Wildman–Crippen LogP) is 10.5. The summed E-state index contributed by atoms with van der Waals surface area (Å²) in [5.74, 6) is 1.73. The number of hydrogen-bond donors (Lipinski definition) is 0. The van der Waals surface area contributed by atoms with Gasteiger partial charge < -0.3 is 9.64 Å². The fraction of sp³-hybridized carbons (Fsp3) is 0.317. The Morgan fingerprint density at radius 3 is 2.30 bits per heavy atom. The molecule has 3 aromatic rings. The lowest BCUT2D eigenvalue weighted by atomic mass is 9.81. The Morgan fingerprint density at radius 2 is 1.59 bits per heavy atom. The van der Waals surface area contributed by atoms with Gasteiger partial charge >= 0.3 is 0 Å². The van der Waals surface area contributed by atoms with Crippen molar-refractivity contribution >= 4 is 40.2 Å². The Morgan fingerprint density at radius 1 is 0.870 bits per heavy atom. The molecule has 3 aromatic carbocycles. The van der Waals surface area contributed by atoms with E-state index < -0.39 is 0 Å². The van der Waals surface area contributed by atoms with Crippen LogP contribution in [0.5, 0.6) is 5.75 Å². The fourth-order valence-electron chi connectivity index (χ4n) is 7.43. The normalized spacial score (nSPS) is 20.0. The topological polar surface area (TPSA) is 27.8 Å². The first-order valence-electron chi connectivity index (χ1n) is 16.5. The molecule has 1 aliphatic carbocycles. The minimum absolute atomic E-state index is 0.0901. The lowest BCUT2D eigenvalue weighted by Crippen LogP contribution is -2.27. The van der Waals surface area contributed by atoms with Crippen LogP contribution in [-0.2, 0) is 10.8 Å². The summed E-state index contributed by atoms with van der Waals surface area (Å²) in [4.78, 5) is 6.57. The number of para-hydroxylation sites is 2. The summed E-state index contributed by atoms with van der Waals surface area (Å²) in [6, 6.07) is 25.3. The molecule has 4 nitrogen and oxygen atoms in total. The molecule has 0 saturated heterocycles. The first-order chi connectivity index (χ1) is 22.2. The van der Waals surface area contributed by atoms with Gasteiger partial charge in [-0.1, -0.05) is 56.3 Å². The quantitative estimate of drug-likeness (QED) is 0.141. The van der Waals surface area contributed by atoms with Gasteiger partial charge in [0.1, 0.15) is 18.1 Å². The summed E-state index contributed by atoms with van der Waals surface area (Å²) in [6.07, 6.45) is 12.3. The van der Waals surface area contributed by atoms with Gasteiger partial charge in [0.25, 0.3) is 0 Å². The first kappa shape index (κ1) is 31.7. The van der Waals surface area contributed by atoms with E-state index in [9.17, 15) is 0 Å². The maximum atomic E-state index is 6.78. The fourth-order valence-corrected chi connectivity index (χ4v) is 7.54. The maximum Gasteiger partial charge on any atom is 0.209 e. The van der Waals surface area contributed by atoms with Crippen LogP contribution in [0.2, 0.25) is 0 Å². The van der Waals surface area contributed by atoms with E-state index >= 15 is 0 Å². The molecule has 0 unspecified atom stereocenters. The number of nitrogens with zero attached hydrogens (tertiary/aromatic N) is 3. The highest BCUT2D eigenvalue weighted by molar-refractivity contribution is 7.78. The van der Waals surface area contributed by atoms with Crippen LogP contribution >= 0.6 is 12.2 Å². The molecule has 0 bridgehead atoms. The minimum Gasteiger partial charge on any atom is -0.457 e. The van der Waals surface area contributed by atoms with Gasteiger partial charge in [0.2, 0.25) is 5.69 Å². The van der Waals surface area contributed by atoms with Crippen LogP contribution in [0.15, 0.2) is 125 Å². The molecular weight excluding hydrogens is 583 g/mol. The molecule has 234 valence electrons. The van der Waals surface area contributed by atoms with Gasteiger partial charge in [-0.2, -0.15) is 9.57 Å². The average molecular weight is 627 g/mol. The van der Waals surface area contributed by atoms with E-state index in [0.717, 1.165) is 49.5 Å². The number of rotatable bonds is 8. The third kappa shape index (κ3) is 5.63. The number of anilines is 1. The Kier molecular flexibility index (Phi) is 8.83. The standard InChI is InChI=1S/C41H44N3OS/c1-7-43-35-18-11-9-16-33(35)40(3,4)37(43)26-20-29-14-13-15-30(39(29)45-32-24-22-31(23-25-32)42-28-46)21-27-38-41(5,6)34-17-10-12-19-36(34)44(38)8-2/h9-12,16-27H,7-8,13-15H2,1-6H3/q+1. The van der Waals surface area contributed by atoms with Gasteiger partial charge in [-0.3, -0.25) is 0 Å². The average Bonchev–Trinajstić information content (AvgIpc) is 3.42. The third-order valence-electron chi connectivity index (χ3n) is 9.82. The van der Waals surface area contributed by atoms with Crippen LogP contribution in [0.3, 0.4) is 0 Å². The molecule has 0 fully saturated rings. The highest BCUT2D eigenvalue weighted by Crippen LogP contribution is 2.48. The second-order valence-corrected chi connectivity index (χ2v) is 13.4. The molecule has 0 saturated carbocycles. The summed E-state index contributed by atoms with van der Waals surface area (Å²) < 4.78 is 9.23. The Hall–Kier alpha value is -4.31. The van der Waals surface area contributed by atoms with Crippen molar-refractivity contribution < 1.29 is 9.31 Å². The van der Waals surface area contributed by atoms with Crippen LogP contribution in [-0.4, -0.2) is 28.5 Å². The molecule has 0 radical (unpaired) electrons. The van der Waals surface area contributed by atoms with Crippen LogP contribution in [0.25, 0.3) is 0 Å². The zero-order valence-electron chi connectivity index (χ0n) is 27.9. The van der Waals surface area contributed by atoms with Crippen LogP contribution in [0.4, 0.5) is 17.1 Å². The Bertz CT molecular complexity index is 1860. The highest BCUT2D eigenvalue weighted by Gasteiger charge is 2.43. The number of thiocarbonyl (C=S) groups is 1. The number of fused-ring (bicyclic) bond motifs is 2. The van der Waals surface area contributed by atoms with Gasteiger partial charge in [-0.25, -0.2) is 0 Å². The second-order valence-electron chi connectivity index (χ2n) is 13.2. The first-order valence-corrected chi connectivity index (χ1v) is 16.9. The zero-order chi connectivity index (χ0) is 32.5. The smallest absolute Gasteiger partial charge is 0.209 e. The van der Waals surface area contributed by atoms with Crippen LogP contribution < -0.4 is 9.64 Å². The zero-order valence-corrected chi connectivity index (χ0v) is 28.7. The number of isothiocyanates is 1. The van der Waals surface area contributed by atoms with E-state index in [1.165, 1.54) is 45.1 Å². The van der Waals surface area contributed by atoms with Crippen molar-refractivity contribution in [3.05, 3.63) is 131 Å². The SMILES string of the molecule is CCN1/C(=C/C=C2\CCCC(/C=C/C3=[N+](CC)c4ccccc4C3(C)C)=C2Oc2ccc(N=C=S)cc2)C(C)(C)c2ccccc21. The summed E-state index contributed by atoms with van der Waals surface area (Å²) in [6.45, 7) is 15.6. The highest BCUT2D eigenvalue weighted by atomic mass is 32.1. The minimum atomic E-state index is -0.0901. The van der Waals surface area contributed by atoms with Gasteiger partial charge in [0.15, 0.2) is 5.71 Å². The van der Waals surface area contributed by atoms with E-state index in [-0.39, 0.29) is 10.8 Å². The molecule has 0 amide bonds.